The number of phenols is 1. The van der Waals surface area contributed by atoms with Gasteiger partial charge in [0.15, 0.2) is 0 Å². The predicted molar refractivity (Wildman–Crippen MR) is 149 cm³/mol. The van der Waals surface area contributed by atoms with E-state index in [9.17, 15) is 24.9 Å². The summed E-state index contributed by atoms with van der Waals surface area (Å²) in [7, 11) is 0. The maximum atomic E-state index is 13.4. The molecule has 0 spiro atoms. The number of fused-ring (bicyclic) bond motifs is 1. The van der Waals surface area contributed by atoms with Crippen molar-refractivity contribution in [3.8, 4) is 5.75 Å². The van der Waals surface area contributed by atoms with Crippen LogP contribution in [0.3, 0.4) is 0 Å². The van der Waals surface area contributed by atoms with Crippen LogP contribution in [0.2, 0.25) is 0 Å². The smallest absolute Gasteiger partial charge is 0.234 e. The highest BCUT2D eigenvalue weighted by Crippen LogP contribution is 2.47. The van der Waals surface area contributed by atoms with Gasteiger partial charge in [-0.2, -0.15) is 0 Å². The number of imide groups is 1. The zero-order valence-electron chi connectivity index (χ0n) is 21.2. The maximum absolute atomic E-state index is 13.4. The van der Waals surface area contributed by atoms with Crippen molar-refractivity contribution in [3.05, 3.63) is 67.3 Å². The van der Waals surface area contributed by atoms with E-state index >= 15 is 0 Å². The van der Waals surface area contributed by atoms with Crippen LogP contribution in [0.15, 0.2) is 56.9 Å². The summed E-state index contributed by atoms with van der Waals surface area (Å²) >= 11 is 4.95. The lowest BCUT2D eigenvalue weighted by Gasteiger charge is -2.36. The SMILES string of the molecule is CCC1=C([C@H](O)CC/C(=C/c2cc(Br)ccc2O)CC)[C@H](CO)[C@@H]2C(=O)N(Cc3cccs3)C(=O)[C@@H]2C1. The molecule has 2 aromatic rings. The number of aromatic hydroxyl groups is 1. The Morgan fingerprint density at radius 1 is 1.24 bits per heavy atom. The van der Waals surface area contributed by atoms with Crippen LogP contribution >= 0.6 is 27.3 Å². The van der Waals surface area contributed by atoms with E-state index in [1.807, 2.05) is 43.5 Å². The number of nitrogens with zero attached hydrogens (tertiary/aromatic N) is 1. The number of hydrogen-bond acceptors (Lipinski definition) is 6. The Bertz CT molecular complexity index is 1200. The number of carbonyl (C=O) groups excluding carboxylic acids is 2. The van der Waals surface area contributed by atoms with Gasteiger partial charge < -0.3 is 15.3 Å². The fraction of sp³-hybridized carbons (Fsp3) is 0.448. The van der Waals surface area contributed by atoms with E-state index in [0.717, 1.165) is 32.5 Å². The summed E-state index contributed by atoms with van der Waals surface area (Å²) in [5, 5.41) is 33.9. The van der Waals surface area contributed by atoms with Gasteiger partial charge in [-0.3, -0.25) is 14.5 Å². The minimum atomic E-state index is -0.826. The van der Waals surface area contributed by atoms with Gasteiger partial charge in [-0.25, -0.2) is 0 Å². The Kier molecular flexibility index (Phi) is 9.06. The number of aliphatic hydroxyl groups excluding tert-OH is 2. The molecule has 3 N–H and O–H groups in total. The Hall–Kier alpha value is -2.26. The predicted octanol–water partition coefficient (Wildman–Crippen LogP) is 5.67. The number of allylic oxidation sites excluding steroid dienone is 2. The van der Waals surface area contributed by atoms with Crippen molar-refractivity contribution < 1.29 is 24.9 Å². The van der Waals surface area contributed by atoms with Crippen molar-refractivity contribution in [2.45, 2.75) is 58.6 Å². The molecular formula is C29H34BrNO5S. The summed E-state index contributed by atoms with van der Waals surface area (Å²) < 4.78 is 0.872. The van der Waals surface area contributed by atoms with Gasteiger partial charge in [0.2, 0.25) is 11.8 Å². The molecule has 0 unspecified atom stereocenters. The molecule has 2 amide bonds. The lowest BCUT2D eigenvalue weighted by molar-refractivity contribution is -0.140. The normalized spacial score (nSPS) is 23.1. The van der Waals surface area contributed by atoms with Crippen LogP contribution in [-0.4, -0.2) is 44.7 Å². The van der Waals surface area contributed by atoms with Gasteiger partial charge in [-0.15, -0.1) is 11.3 Å². The summed E-state index contributed by atoms with van der Waals surface area (Å²) in [5.41, 5.74) is 3.49. The standard InChI is InChI=1S/C29H34BrNO5S/c1-3-17(12-19-13-20(30)8-10-24(19)33)7-9-25(34)26-18(4-2)14-22-27(23(26)16-32)29(36)31(28(22)35)15-21-6-5-11-37-21/h5-6,8,10-13,22-23,25,27,32-34H,3-4,7,9,14-16H2,1-2H3/b17-12+/t22-,23+,25-,27-/m1/s1. The highest BCUT2D eigenvalue weighted by atomic mass is 79.9. The van der Waals surface area contributed by atoms with Gasteiger partial charge in [0, 0.05) is 20.8 Å². The number of thiophene rings is 1. The minimum Gasteiger partial charge on any atom is -0.507 e. The zero-order chi connectivity index (χ0) is 26.7. The summed E-state index contributed by atoms with van der Waals surface area (Å²) in [6.45, 7) is 4.00. The van der Waals surface area contributed by atoms with E-state index in [1.165, 1.54) is 16.2 Å². The largest absolute Gasteiger partial charge is 0.507 e. The second-order valence-electron chi connectivity index (χ2n) is 9.79. The molecule has 1 aromatic carbocycles. The van der Waals surface area contributed by atoms with Gasteiger partial charge in [0.25, 0.3) is 0 Å². The number of likely N-dealkylation sites (tertiary alicyclic amines) is 1. The van der Waals surface area contributed by atoms with Gasteiger partial charge >= 0.3 is 0 Å². The third-order valence-electron chi connectivity index (χ3n) is 7.69. The number of amides is 2. The molecule has 2 heterocycles. The monoisotopic (exact) mass is 587 g/mol. The number of halogens is 1. The summed E-state index contributed by atoms with van der Waals surface area (Å²) in [6, 6.07) is 9.09. The number of carbonyl (C=O) groups is 2. The molecule has 6 nitrogen and oxygen atoms in total. The molecule has 1 aromatic heterocycles. The van der Waals surface area contributed by atoms with E-state index in [0.29, 0.717) is 31.2 Å². The molecule has 1 fully saturated rings. The highest BCUT2D eigenvalue weighted by Gasteiger charge is 2.54. The second-order valence-corrected chi connectivity index (χ2v) is 11.7. The Balaban J connectivity index is 1.55. The van der Waals surface area contributed by atoms with E-state index in [4.69, 9.17) is 0 Å². The molecule has 4 rings (SSSR count). The Morgan fingerprint density at radius 2 is 2.03 bits per heavy atom. The highest BCUT2D eigenvalue weighted by molar-refractivity contribution is 9.10. The van der Waals surface area contributed by atoms with Crippen LogP contribution < -0.4 is 0 Å². The number of benzene rings is 1. The maximum Gasteiger partial charge on any atom is 0.234 e. The molecule has 37 heavy (non-hydrogen) atoms. The number of hydrogen-bond donors (Lipinski definition) is 3. The zero-order valence-corrected chi connectivity index (χ0v) is 23.6. The van der Waals surface area contributed by atoms with Crippen molar-refractivity contribution in [2.24, 2.45) is 17.8 Å². The van der Waals surface area contributed by atoms with Crippen molar-refractivity contribution in [1.82, 2.24) is 4.90 Å². The first-order valence-electron chi connectivity index (χ1n) is 12.8. The first kappa shape index (κ1) is 27.8. The van der Waals surface area contributed by atoms with Crippen molar-refractivity contribution >= 4 is 45.2 Å². The molecule has 0 bridgehead atoms. The number of phenolic OH excluding ortho intramolecular Hbond substituents is 1. The molecule has 1 aliphatic heterocycles. The number of aliphatic hydroxyl groups is 2. The van der Waals surface area contributed by atoms with E-state index in [-0.39, 0.29) is 30.7 Å². The summed E-state index contributed by atoms with van der Waals surface area (Å²) in [5.74, 6) is -1.93. The van der Waals surface area contributed by atoms with Gasteiger partial charge in [0.1, 0.15) is 5.75 Å². The van der Waals surface area contributed by atoms with Crippen LogP contribution in [0.4, 0.5) is 0 Å². The molecule has 8 heteroatoms. The van der Waals surface area contributed by atoms with Crippen LogP contribution in [0, 0.1) is 17.8 Å². The van der Waals surface area contributed by atoms with Crippen molar-refractivity contribution in [1.29, 1.82) is 0 Å². The molecular weight excluding hydrogens is 554 g/mol. The number of rotatable bonds is 10. The lowest BCUT2D eigenvalue weighted by atomic mass is 9.67. The Labute approximate surface area is 230 Å². The molecule has 4 atom stereocenters. The first-order chi connectivity index (χ1) is 17.8. The molecule has 0 radical (unpaired) electrons. The Morgan fingerprint density at radius 3 is 2.68 bits per heavy atom. The van der Waals surface area contributed by atoms with Gasteiger partial charge in [-0.1, -0.05) is 53.1 Å². The quantitative estimate of drug-likeness (QED) is 0.246. The van der Waals surface area contributed by atoms with Crippen LogP contribution in [0.1, 0.15) is 56.4 Å². The molecule has 198 valence electrons. The van der Waals surface area contributed by atoms with Crippen molar-refractivity contribution in [3.63, 3.8) is 0 Å². The van der Waals surface area contributed by atoms with E-state index in [1.54, 1.807) is 12.1 Å². The van der Waals surface area contributed by atoms with E-state index in [2.05, 4.69) is 15.9 Å². The second kappa shape index (κ2) is 12.1. The fourth-order valence-corrected chi connectivity index (χ4v) is 6.84. The van der Waals surface area contributed by atoms with Gasteiger partial charge in [-0.05, 0) is 67.3 Å². The average Bonchev–Trinajstić information content (AvgIpc) is 3.49. The molecule has 0 saturated carbocycles. The molecule has 1 saturated heterocycles. The average molecular weight is 589 g/mol. The van der Waals surface area contributed by atoms with Gasteiger partial charge in [0.05, 0.1) is 31.1 Å². The fourth-order valence-electron chi connectivity index (χ4n) is 5.77. The van der Waals surface area contributed by atoms with Crippen LogP contribution in [0.5, 0.6) is 5.75 Å². The van der Waals surface area contributed by atoms with Crippen molar-refractivity contribution in [2.75, 3.05) is 6.61 Å². The van der Waals surface area contributed by atoms with E-state index < -0.39 is 23.9 Å². The topological polar surface area (TPSA) is 98.1 Å². The third-order valence-corrected chi connectivity index (χ3v) is 9.05. The summed E-state index contributed by atoms with van der Waals surface area (Å²) in [6.07, 6.45) is 4.02. The lowest BCUT2D eigenvalue weighted by Crippen LogP contribution is -2.39. The first-order valence-corrected chi connectivity index (χ1v) is 14.5. The van der Waals surface area contributed by atoms with Crippen LogP contribution in [-0.2, 0) is 16.1 Å². The molecule has 1 aliphatic carbocycles. The molecule has 2 aliphatic rings. The third kappa shape index (κ3) is 5.77. The summed E-state index contributed by atoms with van der Waals surface area (Å²) in [4.78, 5) is 29.0. The van der Waals surface area contributed by atoms with Crippen LogP contribution in [0.25, 0.3) is 6.08 Å². The minimum absolute atomic E-state index is 0.175.